The number of aliphatic imine (C=N–C) groups is 1. The van der Waals surface area contributed by atoms with Gasteiger partial charge in [-0.1, -0.05) is 25.1 Å². The number of aryl methyl sites for hydroxylation is 1. The van der Waals surface area contributed by atoms with Gasteiger partial charge in [0, 0.05) is 31.2 Å². The van der Waals surface area contributed by atoms with E-state index >= 15 is 0 Å². The lowest BCUT2D eigenvalue weighted by Crippen LogP contribution is -2.40. The van der Waals surface area contributed by atoms with Crippen LogP contribution >= 0.6 is 0 Å². The van der Waals surface area contributed by atoms with Gasteiger partial charge in [-0.05, 0) is 67.7 Å². The summed E-state index contributed by atoms with van der Waals surface area (Å²) < 4.78 is 5.50. The molecule has 4 rings (SSSR count). The smallest absolute Gasteiger partial charge is 0.257 e. The minimum atomic E-state index is -0.169. The normalized spacial score (nSPS) is 23.4. The number of pyridine rings is 1. The van der Waals surface area contributed by atoms with Crippen LogP contribution in [-0.2, 0) is 4.74 Å². The number of rotatable bonds is 5. The van der Waals surface area contributed by atoms with E-state index in [0.29, 0.717) is 11.5 Å². The molecule has 2 aliphatic rings. The molecule has 178 valence electrons. The van der Waals surface area contributed by atoms with Crippen LogP contribution in [0, 0.1) is 12.8 Å². The first-order valence-corrected chi connectivity index (χ1v) is 11.9. The number of benzene rings is 1. The predicted octanol–water partition coefficient (Wildman–Crippen LogP) is 4.46. The van der Waals surface area contributed by atoms with E-state index in [1.807, 2.05) is 31.2 Å². The zero-order valence-electron chi connectivity index (χ0n) is 20.1. The number of carbonyl (C=O) groups is 1. The van der Waals surface area contributed by atoms with Gasteiger partial charge in [0.25, 0.3) is 5.91 Å². The number of amidine groups is 1. The predicted molar refractivity (Wildman–Crippen MR) is 136 cm³/mol. The summed E-state index contributed by atoms with van der Waals surface area (Å²) in [6.45, 7) is 9.37. The molecule has 7 nitrogen and oxygen atoms in total. The van der Waals surface area contributed by atoms with Gasteiger partial charge < -0.3 is 20.3 Å². The van der Waals surface area contributed by atoms with E-state index in [-0.39, 0.29) is 11.9 Å². The summed E-state index contributed by atoms with van der Waals surface area (Å²) >= 11 is 0. The second-order valence-corrected chi connectivity index (χ2v) is 8.93. The first-order chi connectivity index (χ1) is 16.5. The molecule has 3 heterocycles. The number of allylic oxidation sites excluding steroid dienone is 2. The molecular weight excluding hydrogens is 426 g/mol. The molecule has 1 aromatic carbocycles. The standard InChI is InChI=1S/C27H33N5O2/c1-19-6-4-9-26(32-10-12-34-13-11-32)31-25(15-19)29-21(3)22-7-5-8-24(16-22)30-27(33)23-14-20(2)17-28-18-23/h4-5,7-9,14-19,21,29H,6,10-13H2,1-3H3,(H,30,33)/b9-4+,25-15-,31-26+/t19?,21-/m0/s1. The van der Waals surface area contributed by atoms with Crippen molar-refractivity contribution < 1.29 is 9.53 Å². The second-order valence-electron chi connectivity index (χ2n) is 8.93. The molecule has 2 aliphatic heterocycles. The van der Waals surface area contributed by atoms with Crippen LogP contribution in [-0.4, -0.2) is 47.9 Å². The molecule has 0 bridgehead atoms. The molecule has 2 aromatic rings. The third-order valence-electron chi connectivity index (χ3n) is 5.93. The summed E-state index contributed by atoms with van der Waals surface area (Å²) in [5.74, 6) is 2.05. The Balaban J connectivity index is 1.48. The minimum Gasteiger partial charge on any atom is -0.378 e. The fraction of sp³-hybridized carbons (Fsp3) is 0.370. The van der Waals surface area contributed by atoms with E-state index in [2.05, 4.69) is 58.7 Å². The summed E-state index contributed by atoms with van der Waals surface area (Å²) in [5, 5.41) is 6.56. The molecule has 1 unspecified atom stereocenters. The van der Waals surface area contributed by atoms with E-state index < -0.39 is 0 Å². The minimum absolute atomic E-state index is 0.00836. The SMILES string of the molecule is Cc1cncc(C(=O)Nc2cccc([C@H](C)NC3=C/C(C)C/C=C/C(N4CCOCC4)=N\3)c2)c1. The van der Waals surface area contributed by atoms with Crippen molar-refractivity contribution in [3.8, 4) is 0 Å². The van der Waals surface area contributed by atoms with Crippen LogP contribution in [0.1, 0.15) is 47.8 Å². The second kappa shape index (κ2) is 11.1. The van der Waals surface area contributed by atoms with Crippen LogP contribution in [0.5, 0.6) is 0 Å². The lowest BCUT2D eigenvalue weighted by Gasteiger charge is -2.29. The maximum Gasteiger partial charge on any atom is 0.257 e. The van der Waals surface area contributed by atoms with Crippen LogP contribution in [0.3, 0.4) is 0 Å². The van der Waals surface area contributed by atoms with E-state index in [1.54, 1.807) is 12.4 Å². The van der Waals surface area contributed by atoms with Gasteiger partial charge >= 0.3 is 0 Å². The maximum absolute atomic E-state index is 12.6. The van der Waals surface area contributed by atoms with E-state index in [0.717, 1.165) is 61.2 Å². The first-order valence-electron chi connectivity index (χ1n) is 11.9. The number of hydrogen-bond donors (Lipinski definition) is 2. The van der Waals surface area contributed by atoms with Crippen molar-refractivity contribution in [2.24, 2.45) is 10.9 Å². The molecule has 7 heteroatoms. The Bertz CT molecular complexity index is 1100. The van der Waals surface area contributed by atoms with Crippen LogP contribution < -0.4 is 10.6 Å². The van der Waals surface area contributed by atoms with Crippen molar-refractivity contribution in [2.75, 3.05) is 31.6 Å². The number of nitrogens with zero attached hydrogens (tertiary/aromatic N) is 3. The van der Waals surface area contributed by atoms with Crippen molar-refractivity contribution >= 4 is 17.4 Å². The highest BCUT2D eigenvalue weighted by atomic mass is 16.5. The van der Waals surface area contributed by atoms with Gasteiger partial charge in [-0.3, -0.25) is 9.78 Å². The summed E-state index contributed by atoms with van der Waals surface area (Å²) in [7, 11) is 0. The van der Waals surface area contributed by atoms with Crippen molar-refractivity contribution in [2.45, 2.75) is 33.2 Å². The Morgan fingerprint density at radius 3 is 2.82 bits per heavy atom. The third-order valence-corrected chi connectivity index (χ3v) is 5.93. The number of amides is 1. The van der Waals surface area contributed by atoms with Gasteiger partial charge in [0.15, 0.2) is 0 Å². The number of nitrogens with one attached hydrogen (secondary N) is 2. The zero-order chi connectivity index (χ0) is 23.9. The number of morpholine rings is 1. The summed E-state index contributed by atoms with van der Waals surface area (Å²) in [6, 6.07) is 9.75. The molecule has 2 N–H and O–H groups in total. The molecule has 0 aliphatic carbocycles. The van der Waals surface area contributed by atoms with E-state index in [9.17, 15) is 4.79 Å². The lowest BCUT2D eigenvalue weighted by atomic mass is 10.0. The summed E-state index contributed by atoms with van der Waals surface area (Å²) in [6.07, 6.45) is 10.8. The van der Waals surface area contributed by atoms with Crippen molar-refractivity contribution in [3.63, 3.8) is 0 Å². The fourth-order valence-electron chi connectivity index (χ4n) is 4.05. The summed E-state index contributed by atoms with van der Waals surface area (Å²) in [4.78, 5) is 24.0. The van der Waals surface area contributed by atoms with E-state index in [1.165, 1.54) is 0 Å². The van der Waals surface area contributed by atoms with Gasteiger partial charge in [-0.15, -0.1) is 0 Å². The number of anilines is 1. The number of hydrogen-bond acceptors (Lipinski definition) is 6. The molecule has 0 saturated carbocycles. The average molecular weight is 460 g/mol. The van der Waals surface area contributed by atoms with Crippen LogP contribution in [0.15, 0.2) is 71.8 Å². The van der Waals surface area contributed by atoms with Crippen molar-refractivity contribution in [3.05, 3.63) is 83.5 Å². The van der Waals surface area contributed by atoms with Gasteiger partial charge in [0.2, 0.25) is 0 Å². The number of aromatic nitrogens is 1. The first kappa shape index (κ1) is 23.7. The highest BCUT2D eigenvalue weighted by Crippen LogP contribution is 2.21. The quantitative estimate of drug-likeness (QED) is 0.690. The van der Waals surface area contributed by atoms with E-state index in [4.69, 9.17) is 9.73 Å². The number of carbonyl (C=O) groups excluding carboxylic acids is 1. The Kier molecular flexibility index (Phi) is 7.75. The Labute approximate surface area is 201 Å². The lowest BCUT2D eigenvalue weighted by molar-refractivity contribution is 0.0684. The Morgan fingerprint density at radius 2 is 2.03 bits per heavy atom. The topological polar surface area (TPSA) is 78.9 Å². The molecule has 34 heavy (non-hydrogen) atoms. The van der Waals surface area contributed by atoms with Crippen molar-refractivity contribution in [1.29, 1.82) is 0 Å². The number of ether oxygens (including phenoxy) is 1. The maximum atomic E-state index is 12.6. The summed E-state index contributed by atoms with van der Waals surface area (Å²) in [5.41, 5.74) is 3.31. The molecule has 0 spiro atoms. The molecule has 1 fully saturated rings. The monoisotopic (exact) mass is 459 g/mol. The van der Waals surface area contributed by atoms with Gasteiger partial charge in [-0.2, -0.15) is 0 Å². The Morgan fingerprint density at radius 1 is 1.21 bits per heavy atom. The van der Waals surface area contributed by atoms with Crippen LogP contribution in [0.2, 0.25) is 0 Å². The van der Waals surface area contributed by atoms with Crippen LogP contribution in [0.25, 0.3) is 0 Å². The van der Waals surface area contributed by atoms with Crippen molar-refractivity contribution in [1.82, 2.24) is 15.2 Å². The van der Waals surface area contributed by atoms with Gasteiger partial charge in [-0.25, -0.2) is 4.99 Å². The largest absolute Gasteiger partial charge is 0.378 e. The molecule has 2 atom stereocenters. The molecule has 1 saturated heterocycles. The zero-order valence-corrected chi connectivity index (χ0v) is 20.1. The highest BCUT2D eigenvalue weighted by Gasteiger charge is 2.17. The van der Waals surface area contributed by atoms with Crippen LogP contribution in [0.4, 0.5) is 5.69 Å². The molecule has 1 aromatic heterocycles. The molecular formula is C27H33N5O2. The highest BCUT2D eigenvalue weighted by molar-refractivity contribution is 6.04. The average Bonchev–Trinajstić information content (AvgIpc) is 2.82. The molecule has 0 radical (unpaired) electrons. The Hall–Kier alpha value is -3.45. The van der Waals surface area contributed by atoms with Gasteiger partial charge in [0.1, 0.15) is 11.7 Å². The molecule has 1 amide bonds. The third kappa shape index (κ3) is 6.32. The fourth-order valence-corrected chi connectivity index (χ4v) is 4.05. The van der Waals surface area contributed by atoms with Gasteiger partial charge in [0.05, 0.1) is 24.8 Å².